The monoisotopic (exact) mass is 331 g/mol. The fourth-order valence-electron chi connectivity index (χ4n) is 2.26. The van der Waals surface area contributed by atoms with Gasteiger partial charge in [-0.3, -0.25) is 4.90 Å². The van der Waals surface area contributed by atoms with Crippen molar-refractivity contribution in [3.8, 4) is 0 Å². The van der Waals surface area contributed by atoms with Crippen LogP contribution in [0.15, 0.2) is 30.3 Å². The highest BCUT2D eigenvalue weighted by atomic mass is 19.4. The van der Waals surface area contributed by atoms with Gasteiger partial charge in [0.2, 0.25) is 0 Å². The summed E-state index contributed by atoms with van der Waals surface area (Å²) in [7, 11) is 1.62. The lowest BCUT2D eigenvalue weighted by atomic mass is 10.0. The van der Waals surface area contributed by atoms with Crippen molar-refractivity contribution in [2.45, 2.75) is 32.5 Å². The minimum atomic E-state index is -5.18. The Balaban J connectivity index is 2.69. The van der Waals surface area contributed by atoms with Gasteiger partial charge in [0.05, 0.1) is 0 Å². The Morgan fingerprint density at radius 2 is 1.74 bits per heavy atom. The fraction of sp³-hybridized carbons (Fsp3) is 0.500. The van der Waals surface area contributed by atoms with Crippen molar-refractivity contribution in [1.82, 2.24) is 4.90 Å². The van der Waals surface area contributed by atoms with E-state index >= 15 is 0 Å². The molecule has 1 atom stereocenters. The molecule has 4 nitrogen and oxygen atoms in total. The Bertz CT molecular complexity index is 529. The Morgan fingerprint density at radius 3 is 2.22 bits per heavy atom. The van der Waals surface area contributed by atoms with Crippen molar-refractivity contribution in [3.63, 3.8) is 0 Å². The summed E-state index contributed by atoms with van der Waals surface area (Å²) in [5.41, 5.74) is 1.04. The molecule has 0 aliphatic rings. The van der Waals surface area contributed by atoms with Crippen LogP contribution in [0.25, 0.3) is 0 Å². The molecule has 0 N–H and O–H groups in total. The van der Waals surface area contributed by atoms with Gasteiger partial charge in [-0.25, -0.2) is 9.59 Å². The highest BCUT2D eigenvalue weighted by Gasteiger charge is 2.44. The minimum Gasteiger partial charge on any atom is -0.385 e. The Hall–Kier alpha value is -1.89. The predicted molar refractivity (Wildman–Crippen MR) is 78.6 cm³/mol. The summed E-state index contributed by atoms with van der Waals surface area (Å²) < 4.78 is 40.6. The smallest absolute Gasteiger partial charge is 0.385 e. The molecule has 128 valence electrons. The molecule has 0 bridgehead atoms. The quantitative estimate of drug-likeness (QED) is 0.594. The first-order chi connectivity index (χ1) is 10.6. The van der Waals surface area contributed by atoms with Gasteiger partial charge in [-0.15, -0.1) is 0 Å². The molecule has 1 aromatic rings. The second kappa shape index (κ2) is 8.10. The van der Waals surface area contributed by atoms with Crippen molar-refractivity contribution in [2.75, 3.05) is 13.6 Å². The zero-order valence-corrected chi connectivity index (χ0v) is 13.3. The van der Waals surface area contributed by atoms with Gasteiger partial charge in [-0.2, -0.15) is 13.2 Å². The molecule has 1 aromatic carbocycles. The van der Waals surface area contributed by atoms with Gasteiger partial charge in [0.15, 0.2) is 0 Å². The zero-order valence-electron chi connectivity index (χ0n) is 13.3. The summed E-state index contributed by atoms with van der Waals surface area (Å²) >= 11 is 0. The lowest BCUT2D eigenvalue weighted by molar-refractivity contribution is -0.203. The molecule has 0 heterocycles. The molecule has 0 fully saturated rings. The Labute approximate surface area is 133 Å². The lowest BCUT2D eigenvalue weighted by Gasteiger charge is -2.29. The van der Waals surface area contributed by atoms with E-state index in [1.54, 1.807) is 25.8 Å². The van der Waals surface area contributed by atoms with Gasteiger partial charge >= 0.3 is 18.1 Å². The van der Waals surface area contributed by atoms with Crippen LogP contribution in [0.5, 0.6) is 0 Å². The molecule has 0 saturated carbocycles. The third kappa shape index (κ3) is 6.02. The van der Waals surface area contributed by atoms with Crippen LogP contribution in [-0.2, 0) is 20.7 Å². The normalized spacial score (nSPS) is 13.2. The molecular formula is C16H20F3NO3. The molecule has 23 heavy (non-hydrogen) atoms. The number of rotatable bonds is 6. The lowest BCUT2D eigenvalue weighted by Crippen LogP contribution is -2.46. The van der Waals surface area contributed by atoms with Crippen LogP contribution in [0.3, 0.4) is 0 Å². The molecule has 0 spiro atoms. The molecule has 0 aromatic heterocycles. The first kappa shape index (κ1) is 19.2. The zero-order chi connectivity index (χ0) is 17.6. The molecule has 0 aliphatic carbocycles. The number of likely N-dealkylation sites (N-methyl/N-ethyl adjacent to an activating group) is 1. The van der Waals surface area contributed by atoms with Crippen molar-refractivity contribution < 1.29 is 27.5 Å². The van der Waals surface area contributed by atoms with Crippen LogP contribution in [0.2, 0.25) is 0 Å². The average molecular weight is 331 g/mol. The van der Waals surface area contributed by atoms with Crippen LogP contribution < -0.4 is 0 Å². The summed E-state index contributed by atoms with van der Waals surface area (Å²) in [6.07, 6.45) is -4.55. The fourth-order valence-corrected chi connectivity index (χ4v) is 2.26. The maximum atomic E-state index is 12.2. The average Bonchev–Trinajstić information content (AvgIpc) is 2.44. The number of carbonyl (C=O) groups excluding carboxylic acids is 2. The molecule has 1 rings (SSSR count). The van der Waals surface area contributed by atoms with E-state index in [2.05, 4.69) is 4.74 Å². The molecule has 0 saturated heterocycles. The number of esters is 2. The number of ether oxygens (including phenoxy) is 1. The topological polar surface area (TPSA) is 46.6 Å². The highest BCUT2D eigenvalue weighted by molar-refractivity contribution is 5.91. The van der Waals surface area contributed by atoms with Crippen molar-refractivity contribution in [1.29, 1.82) is 0 Å². The standard InChI is InChI=1S/C16H20F3NO3/c1-11(2)13(14(21)23-15(22)16(17,18)19)20(3)10-9-12-7-5-4-6-8-12/h4-8,11,13H,9-10H2,1-3H3. The second-order valence-electron chi connectivity index (χ2n) is 5.61. The van der Waals surface area contributed by atoms with Crippen LogP contribution in [-0.4, -0.2) is 42.6 Å². The van der Waals surface area contributed by atoms with E-state index in [-0.39, 0.29) is 5.92 Å². The van der Waals surface area contributed by atoms with Gasteiger partial charge in [-0.05, 0) is 24.9 Å². The first-order valence-corrected chi connectivity index (χ1v) is 7.20. The number of benzene rings is 1. The highest BCUT2D eigenvalue weighted by Crippen LogP contribution is 2.19. The molecule has 7 heteroatoms. The molecule has 0 aliphatic heterocycles. The summed E-state index contributed by atoms with van der Waals surface area (Å²) in [6, 6.07) is 8.55. The van der Waals surface area contributed by atoms with Gasteiger partial charge in [0, 0.05) is 6.54 Å². The van der Waals surface area contributed by atoms with E-state index in [0.717, 1.165) is 5.56 Å². The number of hydrogen-bond acceptors (Lipinski definition) is 4. The van der Waals surface area contributed by atoms with E-state index in [1.165, 1.54) is 0 Å². The summed E-state index contributed by atoms with van der Waals surface area (Å²) in [5.74, 6) is -3.97. The van der Waals surface area contributed by atoms with Crippen LogP contribution in [0.4, 0.5) is 13.2 Å². The summed E-state index contributed by atoms with van der Waals surface area (Å²) in [4.78, 5) is 24.3. The van der Waals surface area contributed by atoms with Crippen molar-refractivity contribution >= 4 is 11.9 Å². The number of carbonyl (C=O) groups is 2. The van der Waals surface area contributed by atoms with Crippen LogP contribution in [0, 0.1) is 5.92 Å². The predicted octanol–water partition coefficient (Wildman–Crippen LogP) is 2.82. The van der Waals surface area contributed by atoms with Gasteiger partial charge in [0.1, 0.15) is 6.04 Å². The largest absolute Gasteiger partial charge is 0.491 e. The van der Waals surface area contributed by atoms with E-state index in [0.29, 0.717) is 13.0 Å². The van der Waals surface area contributed by atoms with E-state index in [1.807, 2.05) is 30.3 Å². The SMILES string of the molecule is CC(C)C(C(=O)OC(=O)C(F)(F)F)N(C)CCc1ccccc1. The number of halogens is 3. The van der Waals surface area contributed by atoms with Gasteiger partial charge < -0.3 is 4.74 Å². The number of alkyl halides is 3. The number of hydrogen-bond donors (Lipinski definition) is 0. The van der Waals surface area contributed by atoms with E-state index in [4.69, 9.17) is 0 Å². The van der Waals surface area contributed by atoms with Crippen molar-refractivity contribution in [3.05, 3.63) is 35.9 Å². The number of nitrogens with zero attached hydrogens (tertiary/aromatic N) is 1. The summed E-state index contributed by atoms with van der Waals surface area (Å²) in [5, 5.41) is 0. The van der Waals surface area contributed by atoms with E-state index in [9.17, 15) is 22.8 Å². The third-order valence-electron chi connectivity index (χ3n) is 3.37. The molecular weight excluding hydrogens is 311 g/mol. The molecule has 1 unspecified atom stereocenters. The third-order valence-corrected chi connectivity index (χ3v) is 3.37. The molecule has 0 radical (unpaired) electrons. The van der Waals surface area contributed by atoms with E-state index < -0.39 is 24.2 Å². The second-order valence-corrected chi connectivity index (χ2v) is 5.61. The molecule has 0 amide bonds. The summed E-state index contributed by atoms with van der Waals surface area (Å²) in [6.45, 7) is 3.81. The first-order valence-electron chi connectivity index (χ1n) is 7.20. The minimum absolute atomic E-state index is 0.302. The van der Waals surface area contributed by atoms with Crippen LogP contribution in [0.1, 0.15) is 19.4 Å². The Kier molecular flexibility index (Phi) is 6.75. The maximum Gasteiger partial charge on any atom is 0.491 e. The van der Waals surface area contributed by atoms with Crippen molar-refractivity contribution in [2.24, 2.45) is 5.92 Å². The van der Waals surface area contributed by atoms with Gasteiger partial charge in [-0.1, -0.05) is 44.2 Å². The van der Waals surface area contributed by atoms with Crippen LogP contribution >= 0.6 is 0 Å². The van der Waals surface area contributed by atoms with Gasteiger partial charge in [0.25, 0.3) is 0 Å². The maximum absolute atomic E-state index is 12.2. The Morgan fingerprint density at radius 1 is 1.17 bits per heavy atom.